The Balaban J connectivity index is 1.07. The number of nitrogens with one attached hydrogen (secondary N) is 6. The van der Waals surface area contributed by atoms with Crippen molar-refractivity contribution in [3.05, 3.63) is 59.7 Å². The van der Waals surface area contributed by atoms with Crippen LogP contribution in [0.1, 0.15) is 85.3 Å². The molecule has 0 saturated carbocycles. The monoisotopic (exact) mass is 915 g/mol. The molecule has 6 N–H and O–H groups in total. The van der Waals surface area contributed by atoms with Crippen molar-refractivity contribution in [2.75, 3.05) is 36.2 Å². The Labute approximate surface area is 386 Å². The van der Waals surface area contributed by atoms with Crippen molar-refractivity contribution in [1.82, 2.24) is 31.1 Å². The highest BCUT2D eigenvalue weighted by atomic mass is 32.2. The number of amides is 6. The molecule has 4 heterocycles. The van der Waals surface area contributed by atoms with Gasteiger partial charge in [-0.25, -0.2) is 0 Å². The Hall–Kier alpha value is -4.63. The van der Waals surface area contributed by atoms with Gasteiger partial charge in [-0.15, -0.1) is 11.8 Å². The minimum atomic E-state index is -1.23. The quantitative estimate of drug-likeness (QED) is 0.169. The van der Waals surface area contributed by atoms with E-state index >= 15 is 0 Å². The molecule has 9 atom stereocenters. The lowest BCUT2D eigenvalue weighted by atomic mass is 9.82. The number of nitrogens with zero attached hydrogens (tertiary/aromatic N) is 3. The molecular formula is C47H65N9O6S2. The molecule has 4 aliphatic rings. The topological polar surface area (TPSA) is 205 Å². The normalized spacial score (nSPS) is 28.2. The summed E-state index contributed by atoms with van der Waals surface area (Å²) in [6.07, 6.45) is 3.26. The summed E-state index contributed by atoms with van der Waals surface area (Å²) < 4.78 is 0. The molecule has 15 nitrogen and oxygen atoms in total. The van der Waals surface area contributed by atoms with E-state index < -0.39 is 63.8 Å². The lowest BCUT2D eigenvalue weighted by Gasteiger charge is -2.39. The molecule has 6 amide bonds. The fraction of sp³-hybridized carbons (Fsp3) is 0.596. The summed E-state index contributed by atoms with van der Waals surface area (Å²) in [6, 6.07) is 13.3. The molecular weight excluding hydrogens is 851 g/mol. The largest absolute Gasteiger partial charge is 0.343 e. The lowest BCUT2D eigenvalue weighted by Crippen LogP contribution is -2.60. The first-order valence-electron chi connectivity index (χ1n) is 22.3. The number of thioether (sulfide) groups is 2. The SMILES string of the molecule is CN[C@@H](C)C(=O)N[C@H]1CCSC(C)[C@H]2CC(C)(C)[C@@H](C(=O)Nc3ccc(CCc4ccc(NC(=O)[C@H]5N6C(=O)[C@@H](NC(=O)[C@H](C)NC)CCS[C@]6(C#N)CC5(C)C)cc4)cc3)N2C1=O. The van der Waals surface area contributed by atoms with Gasteiger partial charge in [-0.3, -0.25) is 28.8 Å². The highest BCUT2D eigenvalue weighted by molar-refractivity contribution is 8.00. The van der Waals surface area contributed by atoms with Gasteiger partial charge in [-0.05, 0) is 118 Å². The van der Waals surface area contributed by atoms with Crippen LogP contribution in [-0.4, -0.2) is 123 Å². The van der Waals surface area contributed by atoms with Gasteiger partial charge < -0.3 is 41.7 Å². The van der Waals surface area contributed by atoms with Crippen molar-refractivity contribution in [1.29, 1.82) is 5.26 Å². The first-order valence-corrected chi connectivity index (χ1v) is 24.4. The van der Waals surface area contributed by atoms with Crippen LogP contribution in [0.25, 0.3) is 0 Å². The molecule has 17 heteroatoms. The van der Waals surface area contributed by atoms with Crippen LogP contribution in [0.5, 0.6) is 0 Å². The number of carbonyl (C=O) groups is 6. The van der Waals surface area contributed by atoms with E-state index in [1.807, 2.05) is 76.2 Å². The van der Waals surface area contributed by atoms with E-state index in [-0.39, 0.29) is 34.9 Å². The molecule has 0 aliphatic carbocycles. The van der Waals surface area contributed by atoms with Crippen LogP contribution >= 0.6 is 23.5 Å². The number of rotatable bonds is 13. The summed E-state index contributed by atoms with van der Waals surface area (Å²) >= 11 is 3.13. The Morgan fingerprint density at radius 3 is 1.73 bits per heavy atom. The number of hydrogen-bond acceptors (Lipinski definition) is 11. The van der Waals surface area contributed by atoms with Crippen LogP contribution in [0, 0.1) is 22.2 Å². The third kappa shape index (κ3) is 10.2. The molecule has 6 rings (SSSR count). The van der Waals surface area contributed by atoms with Crippen molar-refractivity contribution < 1.29 is 28.8 Å². The Morgan fingerprint density at radius 1 is 0.750 bits per heavy atom. The van der Waals surface area contributed by atoms with Crippen LogP contribution in [0.2, 0.25) is 0 Å². The van der Waals surface area contributed by atoms with E-state index in [2.05, 4.69) is 44.9 Å². The van der Waals surface area contributed by atoms with Gasteiger partial charge in [0.2, 0.25) is 35.4 Å². The first-order chi connectivity index (χ1) is 30.2. The molecule has 64 heavy (non-hydrogen) atoms. The molecule has 0 radical (unpaired) electrons. The van der Waals surface area contributed by atoms with E-state index in [0.29, 0.717) is 42.8 Å². The fourth-order valence-corrected chi connectivity index (χ4v) is 12.4. The smallest absolute Gasteiger partial charge is 0.247 e. The third-order valence-corrected chi connectivity index (χ3v) is 16.1. The molecule has 346 valence electrons. The Kier molecular flexibility index (Phi) is 15.1. The number of aryl methyl sites for hydroxylation is 2. The summed E-state index contributed by atoms with van der Waals surface area (Å²) in [4.78, 5) is 84.1. The number of anilines is 2. The van der Waals surface area contributed by atoms with Crippen LogP contribution in [0.3, 0.4) is 0 Å². The standard InChI is InChI=1S/C47H65N9O6S2/c1-27(49-8)39(57)53-34-20-22-63-29(3)36-24-45(4,5)37(55(36)43(34)61)41(59)51-32-16-12-30(13-17-32)10-11-31-14-18-33(19-15-31)52-42(60)38-46(6,7)25-47(26-48)56(38)44(62)35(21-23-64-47)54-40(58)28(2)50-9/h12-19,27-29,34-38,49-50H,10-11,20-25H2,1-9H3,(H,51,59)(H,52,60)(H,53,57)(H,54,58)/t27-,28-,29?,34-,35-,36+,37+,38+,47-/m0/s1. The van der Waals surface area contributed by atoms with E-state index in [9.17, 15) is 34.0 Å². The first kappa shape index (κ1) is 48.8. The zero-order valence-corrected chi connectivity index (χ0v) is 40.1. The van der Waals surface area contributed by atoms with Crippen LogP contribution in [0.4, 0.5) is 11.4 Å². The maximum atomic E-state index is 14.2. The third-order valence-electron chi connectivity index (χ3n) is 13.5. The lowest BCUT2D eigenvalue weighted by molar-refractivity contribution is -0.143. The van der Waals surface area contributed by atoms with Crippen LogP contribution in [-0.2, 0) is 41.6 Å². The highest BCUT2D eigenvalue weighted by Gasteiger charge is 2.63. The molecule has 0 spiro atoms. The average molecular weight is 916 g/mol. The van der Waals surface area contributed by atoms with Crippen molar-refractivity contribution in [3.63, 3.8) is 0 Å². The predicted octanol–water partition coefficient (Wildman–Crippen LogP) is 4.04. The number of hydrogen-bond donors (Lipinski definition) is 6. The van der Waals surface area contributed by atoms with Gasteiger partial charge in [0.05, 0.1) is 12.1 Å². The number of fused-ring (bicyclic) bond motifs is 2. The average Bonchev–Trinajstić information content (AvgIpc) is 3.64. The van der Waals surface area contributed by atoms with Gasteiger partial charge in [0.25, 0.3) is 0 Å². The van der Waals surface area contributed by atoms with Crippen molar-refractivity contribution in [2.24, 2.45) is 10.8 Å². The molecule has 4 fully saturated rings. The van der Waals surface area contributed by atoms with Crippen LogP contribution < -0.4 is 31.9 Å². The molecule has 4 aliphatic heterocycles. The summed E-state index contributed by atoms with van der Waals surface area (Å²) in [7, 11) is 3.36. The summed E-state index contributed by atoms with van der Waals surface area (Å²) in [5, 5.41) is 28.3. The van der Waals surface area contributed by atoms with Gasteiger partial charge in [-0.2, -0.15) is 17.0 Å². The van der Waals surface area contributed by atoms with Crippen molar-refractivity contribution in [3.8, 4) is 6.07 Å². The van der Waals surface area contributed by atoms with E-state index in [0.717, 1.165) is 29.7 Å². The number of likely N-dealkylation sites (N-methyl/N-ethyl adjacent to an activating group) is 2. The maximum Gasteiger partial charge on any atom is 0.247 e. The molecule has 4 saturated heterocycles. The highest BCUT2D eigenvalue weighted by Crippen LogP contribution is 2.53. The molecule has 2 aromatic rings. The van der Waals surface area contributed by atoms with E-state index in [1.165, 1.54) is 16.7 Å². The second-order valence-corrected chi connectivity index (χ2v) is 22.0. The van der Waals surface area contributed by atoms with Gasteiger partial charge in [0.15, 0.2) is 4.87 Å². The van der Waals surface area contributed by atoms with Crippen molar-refractivity contribution >= 4 is 70.3 Å². The minimum absolute atomic E-state index is 0.132. The Morgan fingerprint density at radius 2 is 1.23 bits per heavy atom. The summed E-state index contributed by atoms with van der Waals surface area (Å²) in [5.74, 6) is -0.652. The maximum absolute atomic E-state index is 14.2. The fourth-order valence-electron chi connectivity index (χ4n) is 9.63. The summed E-state index contributed by atoms with van der Waals surface area (Å²) in [5.41, 5.74) is 2.09. The molecule has 0 aromatic heterocycles. The van der Waals surface area contributed by atoms with Gasteiger partial charge in [0.1, 0.15) is 30.2 Å². The predicted molar refractivity (Wildman–Crippen MR) is 252 cm³/mol. The number of carbonyl (C=O) groups excluding carboxylic acids is 6. The molecule has 0 bridgehead atoms. The zero-order chi connectivity index (χ0) is 46.7. The van der Waals surface area contributed by atoms with Gasteiger partial charge >= 0.3 is 0 Å². The molecule has 1 unspecified atom stereocenters. The second-order valence-electron chi connectivity index (χ2n) is 19.1. The number of benzene rings is 2. The zero-order valence-electron chi connectivity index (χ0n) is 38.5. The second kappa shape index (κ2) is 19.9. The minimum Gasteiger partial charge on any atom is -0.343 e. The Bertz CT molecular complexity index is 2130. The van der Waals surface area contributed by atoms with Crippen molar-refractivity contribution in [2.45, 2.75) is 139 Å². The van der Waals surface area contributed by atoms with Gasteiger partial charge in [0, 0.05) is 29.1 Å². The summed E-state index contributed by atoms with van der Waals surface area (Å²) in [6.45, 7) is 13.4. The van der Waals surface area contributed by atoms with Gasteiger partial charge in [-0.1, -0.05) is 58.9 Å². The van der Waals surface area contributed by atoms with Crippen LogP contribution in [0.15, 0.2) is 48.5 Å². The van der Waals surface area contributed by atoms with E-state index in [4.69, 9.17) is 0 Å². The van der Waals surface area contributed by atoms with E-state index in [1.54, 1.807) is 44.6 Å². The number of nitriles is 1. The molecule has 2 aromatic carbocycles.